The molecule has 1 aromatic heterocycles. The van der Waals surface area contributed by atoms with Gasteiger partial charge in [0.15, 0.2) is 5.13 Å². The Morgan fingerprint density at radius 2 is 1.91 bits per heavy atom. The van der Waals surface area contributed by atoms with Gasteiger partial charge < -0.3 is 4.90 Å². The molecule has 1 aliphatic rings. The number of rotatable bonds is 8. The molecule has 0 radical (unpaired) electrons. The van der Waals surface area contributed by atoms with Crippen LogP contribution in [-0.4, -0.2) is 68.8 Å². The SMILES string of the molecule is CC1CCCN(S(=O)(=O)c2ccc(C(=O)N(CCCN(C)C)c3nc4ccc(F)cc4s3)cc2)C1. The first-order valence-electron chi connectivity index (χ1n) is 11.8. The van der Waals surface area contributed by atoms with Crippen LogP contribution in [0.1, 0.15) is 36.5 Å². The Kier molecular flexibility index (Phi) is 7.85. The Balaban J connectivity index is 1.59. The van der Waals surface area contributed by atoms with Crippen molar-refractivity contribution in [1.82, 2.24) is 14.2 Å². The third kappa shape index (κ3) is 5.88. The van der Waals surface area contributed by atoms with Gasteiger partial charge in [0.05, 0.1) is 15.1 Å². The van der Waals surface area contributed by atoms with Crippen molar-refractivity contribution in [2.45, 2.75) is 31.1 Å². The molecule has 188 valence electrons. The first kappa shape index (κ1) is 25.7. The molecular weight excluding hydrogens is 487 g/mol. The van der Waals surface area contributed by atoms with Crippen LogP contribution in [0.15, 0.2) is 47.4 Å². The molecule has 1 atom stereocenters. The summed E-state index contributed by atoms with van der Waals surface area (Å²) < 4.78 is 42.1. The molecule has 0 bridgehead atoms. The van der Waals surface area contributed by atoms with Crippen molar-refractivity contribution in [1.29, 1.82) is 0 Å². The summed E-state index contributed by atoms with van der Waals surface area (Å²) in [6.07, 6.45) is 2.61. The summed E-state index contributed by atoms with van der Waals surface area (Å²) in [5.74, 6) is -0.283. The highest BCUT2D eigenvalue weighted by atomic mass is 32.2. The van der Waals surface area contributed by atoms with Gasteiger partial charge in [0, 0.05) is 25.2 Å². The highest BCUT2D eigenvalue weighted by Gasteiger charge is 2.29. The summed E-state index contributed by atoms with van der Waals surface area (Å²) in [6, 6.07) is 10.5. The van der Waals surface area contributed by atoms with E-state index in [4.69, 9.17) is 0 Å². The lowest BCUT2D eigenvalue weighted by atomic mass is 10.0. The van der Waals surface area contributed by atoms with E-state index in [0.717, 1.165) is 25.8 Å². The molecule has 4 rings (SSSR count). The van der Waals surface area contributed by atoms with Crippen molar-refractivity contribution >= 4 is 42.6 Å². The minimum Gasteiger partial charge on any atom is -0.309 e. The molecule has 10 heteroatoms. The largest absolute Gasteiger partial charge is 0.309 e. The maximum Gasteiger partial charge on any atom is 0.260 e. The number of thiazole rings is 1. The number of carbonyl (C=O) groups is 1. The third-order valence-corrected chi connectivity index (χ3v) is 9.08. The minimum absolute atomic E-state index is 0.192. The zero-order valence-corrected chi connectivity index (χ0v) is 21.9. The van der Waals surface area contributed by atoms with Crippen molar-refractivity contribution in [3.05, 3.63) is 53.8 Å². The Bertz CT molecular complexity index is 1290. The fraction of sp³-hybridized carbons (Fsp3) is 0.440. The number of carbonyl (C=O) groups excluding carboxylic acids is 1. The first-order valence-corrected chi connectivity index (χ1v) is 14.0. The molecule has 0 N–H and O–H groups in total. The van der Waals surface area contributed by atoms with Crippen LogP contribution in [0.3, 0.4) is 0 Å². The Labute approximate surface area is 210 Å². The summed E-state index contributed by atoms with van der Waals surface area (Å²) in [5, 5.41) is 0.494. The van der Waals surface area contributed by atoms with Gasteiger partial charge in [-0.05, 0) is 88.3 Å². The fourth-order valence-electron chi connectivity index (χ4n) is 4.27. The first-order chi connectivity index (χ1) is 16.6. The van der Waals surface area contributed by atoms with Crippen LogP contribution >= 0.6 is 11.3 Å². The number of sulfonamides is 1. The smallest absolute Gasteiger partial charge is 0.260 e. The van der Waals surface area contributed by atoms with Gasteiger partial charge in [-0.3, -0.25) is 9.69 Å². The quantitative estimate of drug-likeness (QED) is 0.440. The molecular formula is C25H31FN4O3S2. The van der Waals surface area contributed by atoms with Crippen molar-refractivity contribution in [3.8, 4) is 0 Å². The highest BCUT2D eigenvalue weighted by Crippen LogP contribution is 2.31. The van der Waals surface area contributed by atoms with Crippen molar-refractivity contribution in [2.75, 3.05) is 45.2 Å². The highest BCUT2D eigenvalue weighted by molar-refractivity contribution is 7.89. The van der Waals surface area contributed by atoms with E-state index in [0.29, 0.717) is 46.5 Å². The monoisotopic (exact) mass is 518 g/mol. The molecule has 0 spiro atoms. The normalized spacial score (nSPS) is 17.2. The molecule has 2 aromatic carbocycles. The lowest BCUT2D eigenvalue weighted by Crippen LogP contribution is -2.39. The number of amides is 1. The Hall–Kier alpha value is -2.40. The molecule has 1 aliphatic heterocycles. The van der Waals surface area contributed by atoms with E-state index in [1.165, 1.54) is 39.9 Å². The lowest BCUT2D eigenvalue weighted by molar-refractivity contribution is 0.0986. The van der Waals surface area contributed by atoms with Crippen LogP contribution in [0.5, 0.6) is 0 Å². The van der Waals surface area contributed by atoms with E-state index < -0.39 is 10.0 Å². The summed E-state index contributed by atoms with van der Waals surface area (Å²) in [6.45, 7) is 4.32. The molecule has 2 heterocycles. The summed E-state index contributed by atoms with van der Waals surface area (Å²) in [7, 11) is 0.336. The molecule has 1 unspecified atom stereocenters. The van der Waals surface area contributed by atoms with Gasteiger partial charge in [-0.15, -0.1) is 0 Å². The number of piperidine rings is 1. The summed E-state index contributed by atoms with van der Waals surface area (Å²) in [5.41, 5.74) is 1.01. The molecule has 7 nitrogen and oxygen atoms in total. The molecule has 0 saturated carbocycles. The van der Waals surface area contributed by atoms with Crippen molar-refractivity contribution in [2.24, 2.45) is 5.92 Å². The van der Waals surface area contributed by atoms with E-state index in [9.17, 15) is 17.6 Å². The van der Waals surface area contributed by atoms with E-state index >= 15 is 0 Å². The zero-order chi connectivity index (χ0) is 25.2. The topological polar surface area (TPSA) is 73.8 Å². The van der Waals surface area contributed by atoms with E-state index in [-0.39, 0.29) is 16.6 Å². The number of anilines is 1. The maximum atomic E-state index is 13.7. The Morgan fingerprint density at radius 1 is 1.17 bits per heavy atom. The van der Waals surface area contributed by atoms with Crippen molar-refractivity contribution < 1.29 is 17.6 Å². The maximum absolute atomic E-state index is 13.7. The van der Waals surface area contributed by atoms with Gasteiger partial charge >= 0.3 is 0 Å². The number of hydrogen-bond donors (Lipinski definition) is 0. The second-order valence-corrected chi connectivity index (χ2v) is 12.3. The van der Waals surface area contributed by atoms with Crippen LogP contribution < -0.4 is 4.90 Å². The van der Waals surface area contributed by atoms with Crippen molar-refractivity contribution in [3.63, 3.8) is 0 Å². The van der Waals surface area contributed by atoms with Gasteiger partial charge in [-0.25, -0.2) is 17.8 Å². The van der Waals surface area contributed by atoms with Crippen LogP contribution in [0, 0.1) is 11.7 Å². The van der Waals surface area contributed by atoms with Gasteiger partial charge in [0.2, 0.25) is 10.0 Å². The number of aromatic nitrogens is 1. The van der Waals surface area contributed by atoms with Gasteiger partial charge in [0.1, 0.15) is 5.82 Å². The average Bonchev–Trinajstić information content (AvgIpc) is 3.24. The second-order valence-electron chi connectivity index (χ2n) is 9.36. The molecule has 1 amide bonds. The summed E-state index contributed by atoms with van der Waals surface area (Å²) >= 11 is 1.27. The third-order valence-electron chi connectivity index (χ3n) is 6.16. The predicted molar refractivity (Wildman–Crippen MR) is 138 cm³/mol. The molecule has 0 aliphatic carbocycles. The van der Waals surface area contributed by atoms with E-state index in [1.54, 1.807) is 23.1 Å². The molecule has 35 heavy (non-hydrogen) atoms. The number of benzene rings is 2. The number of nitrogens with zero attached hydrogens (tertiary/aromatic N) is 4. The van der Waals surface area contributed by atoms with Crippen LogP contribution in [0.2, 0.25) is 0 Å². The van der Waals surface area contributed by atoms with Crippen LogP contribution in [0.4, 0.5) is 9.52 Å². The van der Waals surface area contributed by atoms with Gasteiger partial charge in [0.25, 0.3) is 5.91 Å². The standard InChI is InChI=1S/C25H31FN4O3S2/c1-18-6-4-14-29(17-18)35(32,33)21-10-7-19(8-11-21)24(31)30(15-5-13-28(2)3)25-27-22-12-9-20(26)16-23(22)34-25/h7-12,16,18H,4-6,13-15,17H2,1-3H3. The average molecular weight is 519 g/mol. The van der Waals surface area contributed by atoms with E-state index in [2.05, 4.69) is 11.9 Å². The molecule has 3 aromatic rings. The number of hydrogen-bond acceptors (Lipinski definition) is 6. The van der Waals surface area contributed by atoms with Gasteiger partial charge in [-0.2, -0.15) is 4.31 Å². The van der Waals surface area contributed by atoms with E-state index in [1.807, 2.05) is 19.0 Å². The second kappa shape index (κ2) is 10.7. The molecule has 1 fully saturated rings. The zero-order valence-electron chi connectivity index (χ0n) is 20.3. The van der Waals surface area contributed by atoms with Crippen LogP contribution in [-0.2, 0) is 10.0 Å². The van der Waals surface area contributed by atoms with Gasteiger partial charge in [-0.1, -0.05) is 18.3 Å². The number of halogens is 1. The minimum atomic E-state index is -3.60. The summed E-state index contributed by atoms with van der Waals surface area (Å²) in [4.78, 5) is 21.9. The van der Waals surface area contributed by atoms with Crippen LogP contribution in [0.25, 0.3) is 10.2 Å². The Morgan fingerprint density at radius 3 is 2.60 bits per heavy atom. The predicted octanol–water partition coefficient (Wildman–Crippen LogP) is 4.45. The lowest BCUT2D eigenvalue weighted by Gasteiger charge is -2.30. The number of fused-ring (bicyclic) bond motifs is 1. The fourth-order valence-corrected chi connectivity index (χ4v) is 6.88. The molecule has 1 saturated heterocycles.